The van der Waals surface area contributed by atoms with Crippen molar-refractivity contribution < 1.29 is 4.79 Å². The van der Waals surface area contributed by atoms with E-state index >= 15 is 0 Å². The molecule has 1 N–H and O–H groups in total. The number of piperidine rings is 1. The SMILES string of the molecule is O=C(c1ccc(C2CCCCC2)cc1)N1CCC(c2nnc3n2CCNC3)CC1. The van der Waals surface area contributed by atoms with Gasteiger partial charge < -0.3 is 14.8 Å². The average molecular weight is 394 g/mol. The first-order valence-electron chi connectivity index (χ1n) is 11.3. The number of carbonyl (C=O) groups is 1. The summed E-state index contributed by atoms with van der Waals surface area (Å²) >= 11 is 0. The summed E-state index contributed by atoms with van der Waals surface area (Å²) in [5, 5.41) is 12.2. The Bertz CT molecular complexity index is 845. The fraction of sp³-hybridized carbons (Fsp3) is 0.609. The molecule has 1 saturated heterocycles. The van der Waals surface area contributed by atoms with Gasteiger partial charge in [0.25, 0.3) is 5.91 Å². The van der Waals surface area contributed by atoms with E-state index in [-0.39, 0.29) is 5.91 Å². The smallest absolute Gasteiger partial charge is 0.253 e. The molecule has 2 aliphatic heterocycles. The minimum atomic E-state index is 0.172. The molecule has 0 atom stereocenters. The minimum Gasteiger partial charge on any atom is -0.339 e. The summed E-state index contributed by atoms with van der Waals surface area (Å²) < 4.78 is 2.28. The molecule has 3 aliphatic rings. The molecule has 2 aromatic rings. The molecule has 1 amide bonds. The van der Waals surface area contributed by atoms with Crippen molar-refractivity contribution in [3.05, 3.63) is 47.0 Å². The van der Waals surface area contributed by atoms with Gasteiger partial charge in [0.15, 0.2) is 0 Å². The Morgan fingerprint density at radius 1 is 0.897 bits per heavy atom. The lowest BCUT2D eigenvalue weighted by Gasteiger charge is -2.32. The maximum absolute atomic E-state index is 13.0. The first-order valence-corrected chi connectivity index (χ1v) is 11.3. The van der Waals surface area contributed by atoms with Crippen molar-refractivity contribution >= 4 is 5.91 Å². The lowest BCUT2D eigenvalue weighted by Crippen LogP contribution is -2.39. The Kier molecular flexibility index (Phi) is 5.36. The molecule has 29 heavy (non-hydrogen) atoms. The van der Waals surface area contributed by atoms with Crippen LogP contribution in [0.3, 0.4) is 0 Å². The predicted molar refractivity (Wildman–Crippen MR) is 112 cm³/mol. The molecule has 1 aliphatic carbocycles. The number of benzene rings is 1. The number of amides is 1. The number of nitrogens with one attached hydrogen (secondary N) is 1. The zero-order valence-electron chi connectivity index (χ0n) is 17.1. The Morgan fingerprint density at radius 3 is 2.41 bits per heavy atom. The van der Waals surface area contributed by atoms with Gasteiger partial charge in [-0.3, -0.25) is 4.79 Å². The number of aromatic nitrogens is 3. The van der Waals surface area contributed by atoms with Crippen molar-refractivity contribution in [2.24, 2.45) is 0 Å². The van der Waals surface area contributed by atoms with Crippen molar-refractivity contribution in [1.82, 2.24) is 25.0 Å². The molecule has 1 aromatic heterocycles. The van der Waals surface area contributed by atoms with Crippen LogP contribution in [0.25, 0.3) is 0 Å². The van der Waals surface area contributed by atoms with Crippen LogP contribution < -0.4 is 5.32 Å². The van der Waals surface area contributed by atoms with Crippen LogP contribution in [-0.2, 0) is 13.1 Å². The number of likely N-dealkylation sites (tertiary alicyclic amines) is 1. The number of carbonyl (C=O) groups excluding carboxylic acids is 1. The van der Waals surface area contributed by atoms with E-state index in [1.54, 1.807) is 0 Å². The highest BCUT2D eigenvalue weighted by Crippen LogP contribution is 2.33. The highest BCUT2D eigenvalue weighted by atomic mass is 16.2. The fourth-order valence-corrected chi connectivity index (χ4v) is 5.27. The highest BCUT2D eigenvalue weighted by molar-refractivity contribution is 5.94. The molecule has 6 heteroatoms. The van der Waals surface area contributed by atoms with E-state index in [2.05, 4.69) is 32.2 Å². The molecule has 154 valence electrons. The van der Waals surface area contributed by atoms with E-state index in [9.17, 15) is 4.79 Å². The van der Waals surface area contributed by atoms with E-state index in [1.807, 2.05) is 17.0 Å². The van der Waals surface area contributed by atoms with E-state index in [1.165, 1.54) is 37.7 Å². The van der Waals surface area contributed by atoms with Crippen LogP contribution in [-0.4, -0.2) is 45.2 Å². The third-order valence-corrected chi connectivity index (χ3v) is 7.03. The Morgan fingerprint density at radius 2 is 1.66 bits per heavy atom. The number of hydrogen-bond acceptors (Lipinski definition) is 4. The van der Waals surface area contributed by atoms with Crippen molar-refractivity contribution in [3.8, 4) is 0 Å². The number of fused-ring (bicyclic) bond motifs is 1. The van der Waals surface area contributed by atoms with Crippen LogP contribution in [0.5, 0.6) is 0 Å². The molecule has 6 nitrogen and oxygen atoms in total. The fourth-order valence-electron chi connectivity index (χ4n) is 5.27. The lowest BCUT2D eigenvalue weighted by molar-refractivity contribution is 0.0710. The van der Waals surface area contributed by atoms with Gasteiger partial charge in [-0.1, -0.05) is 31.4 Å². The second-order valence-electron chi connectivity index (χ2n) is 8.83. The van der Waals surface area contributed by atoms with E-state index in [4.69, 9.17) is 0 Å². The first-order chi connectivity index (χ1) is 14.3. The van der Waals surface area contributed by atoms with Gasteiger partial charge in [0.2, 0.25) is 0 Å². The molecular weight excluding hydrogens is 362 g/mol. The number of hydrogen-bond donors (Lipinski definition) is 1. The van der Waals surface area contributed by atoms with Gasteiger partial charge in [-0.25, -0.2) is 0 Å². The molecule has 3 heterocycles. The van der Waals surface area contributed by atoms with Crippen LogP contribution in [0.4, 0.5) is 0 Å². The van der Waals surface area contributed by atoms with Crippen LogP contribution in [0.2, 0.25) is 0 Å². The molecule has 1 saturated carbocycles. The normalized spacial score (nSPS) is 21.2. The molecule has 5 rings (SSSR count). The Labute approximate surface area is 172 Å². The first kappa shape index (κ1) is 18.8. The summed E-state index contributed by atoms with van der Waals surface area (Å²) in [7, 11) is 0. The van der Waals surface area contributed by atoms with Gasteiger partial charge >= 0.3 is 0 Å². The van der Waals surface area contributed by atoms with E-state index < -0.39 is 0 Å². The minimum absolute atomic E-state index is 0.172. The van der Waals surface area contributed by atoms with Crippen LogP contribution in [0.15, 0.2) is 24.3 Å². The second-order valence-corrected chi connectivity index (χ2v) is 8.83. The topological polar surface area (TPSA) is 63.1 Å². The monoisotopic (exact) mass is 393 g/mol. The number of nitrogens with zero attached hydrogens (tertiary/aromatic N) is 4. The highest BCUT2D eigenvalue weighted by Gasteiger charge is 2.29. The molecule has 1 aromatic carbocycles. The zero-order chi connectivity index (χ0) is 19.6. The van der Waals surface area contributed by atoms with Gasteiger partial charge in [-0.15, -0.1) is 10.2 Å². The van der Waals surface area contributed by atoms with Crippen molar-refractivity contribution in [3.63, 3.8) is 0 Å². The van der Waals surface area contributed by atoms with E-state index in [0.29, 0.717) is 11.8 Å². The van der Waals surface area contributed by atoms with Crippen molar-refractivity contribution in [2.45, 2.75) is 69.9 Å². The lowest BCUT2D eigenvalue weighted by atomic mass is 9.84. The molecule has 0 spiro atoms. The summed E-state index contributed by atoms with van der Waals surface area (Å²) in [6, 6.07) is 8.46. The summed E-state index contributed by atoms with van der Waals surface area (Å²) in [5.74, 6) is 3.43. The molecule has 0 unspecified atom stereocenters. The van der Waals surface area contributed by atoms with Gasteiger partial charge in [-0.2, -0.15) is 0 Å². The largest absolute Gasteiger partial charge is 0.339 e. The molecular formula is C23H31N5O. The number of rotatable bonds is 3. The third-order valence-electron chi connectivity index (χ3n) is 7.03. The summed E-state index contributed by atoms with van der Waals surface area (Å²) in [4.78, 5) is 15.0. The van der Waals surface area contributed by atoms with Crippen molar-refractivity contribution in [2.75, 3.05) is 19.6 Å². The Hall–Kier alpha value is -2.21. The van der Waals surface area contributed by atoms with Gasteiger partial charge in [0.05, 0.1) is 6.54 Å². The second kappa shape index (κ2) is 8.27. The van der Waals surface area contributed by atoms with Crippen LogP contribution >= 0.6 is 0 Å². The maximum atomic E-state index is 13.0. The van der Waals surface area contributed by atoms with Crippen LogP contribution in [0, 0.1) is 0 Å². The van der Waals surface area contributed by atoms with Gasteiger partial charge in [-0.05, 0) is 49.3 Å². The van der Waals surface area contributed by atoms with Gasteiger partial charge in [0.1, 0.15) is 11.6 Å². The molecule has 2 fully saturated rings. The van der Waals surface area contributed by atoms with Gasteiger partial charge in [0, 0.05) is 37.7 Å². The summed E-state index contributed by atoms with van der Waals surface area (Å²) in [6.45, 7) is 4.33. The predicted octanol–water partition coefficient (Wildman–Crippen LogP) is 3.45. The average Bonchev–Trinajstić information content (AvgIpc) is 3.24. The quantitative estimate of drug-likeness (QED) is 0.868. The molecule has 0 bridgehead atoms. The zero-order valence-corrected chi connectivity index (χ0v) is 17.1. The van der Waals surface area contributed by atoms with Crippen LogP contribution in [0.1, 0.15) is 84.4 Å². The summed E-state index contributed by atoms with van der Waals surface area (Å²) in [5.41, 5.74) is 2.24. The third kappa shape index (κ3) is 3.82. The van der Waals surface area contributed by atoms with E-state index in [0.717, 1.165) is 62.8 Å². The Balaban J connectivity index is 1.20. The maximum Gasteiger partial charge on any atom is 0.253 e. The molecule has 0 radical (unpaired) electrons. The summed E-state index contributed by atoms with van der Waals surface area (Å²) in [6.07, 6.45) is 8.58. The standard InChI is InChI=1S/C23H31N5O/c29-23(20-8-6-18(7-9-20)17-4-2-1-3-5-17)27-13-10-19(11-14-27)22-26-25-21-16-24-12-15-28(21)22/h6-9,17,19,24H,1-5,10-16H2. The van der Waals surface area contributed by atoms with Crippen molar-refractivity contribution in [1.29, 1.82) is 0 Å².